The number of fused-ring (bicyclic) bond motifs is 1. The molecule has 1 saturated heterocycles. The van der Waals surface area contributed by atoms with Crippen LogP contribution in [-0.4, -0.2) is 30.4 Å². The van der Waals surface area contributed by atoms with Gasteiger partial charge in [-0.1, -0.05) is 48.0 Å². The van der Waals surface area contributed by atoms with Crippen molar-refractivity contribution in [1.29, 1.82) is 0 Å². The van der Waals surface area contributed by atoms with E-state index in [1.807, 2.05) is 23.1 Å². The number of likely N-dealkylation sites (tertiary alicyclic amines) is 1. The number of amides is 1. The molecule has 2 heterocycles. The van der Waals surface area contributed by atoms with Gasteiger partial charge in [-0.15, -0.1) is 0 Å². The molecule has 4 rings (SSSR count). The Kier molecular flexibility index (Phi) is 4.58. The van der Waals surface area contributed by atoms with Gasteiger partial charge in [0, 0.05) is 12.2 Å². The summed E-state index contributed by atoms with van der Waals surface area (Å²) in [5, 5.41) is 0. The molecular formula is C22H26N2O. The molecule has 1 fully saturated rings. The molecule has 0 aliphatic carbocycles. The van der Waals surface area contributed by atoms with E-state index in [4.69, 9.17) is 0 Å². The van der Waals surface area contributed by atoms with Crippen LogP contribution in [0.25, 0.3) is 0 Å². The van der Waals surface area contributed by atoms with E-state index in [-0.39, 0.29) is 11.9 Å². The van der Waals surface area contributed by atoms with Crippen LogP contribution in [-0.2, 0) is 11.2 Å². The van der Waals surface area contributed by atoms with E-state index >= 15 is 0 Å². The van der Waals surface area contributed by atoms with Crippen molar-refractivity contribution in [2.75, 3.05) is 24.5 Å². The number of hydrogen-bond donors (Lipinski definition) is 0. The molecule has 0 spiro atoms. The molecule has 2 aromatic carbocycles. The van der Waals surface area contributed by atoms with Crippen LogP contribution in [0, 0.1) is 6.92 Å². The lowest BCUT2D eigenvalue weighted by molar-refractivity contribution is -0.123. The first kappa shape index (κ1) is 16.3. The largest absolute Gasteiger partial charge is 0.310 e. The number of rotatable bonds is 3. The van der Waals surface area contributed by atoms with Gasteiger partial charge < -0.3 is 4.90 Å². The van der Waals surface area contributed by atoms with E-state index in [9.17, 15) is 4.79 Å². The van der Waals surface area contributed by atoms with Crippen molar-refractivity contribution in [1.82, 2.24) is 4.90 Å². The lowest BCUT2D eigenvalue weighted by Crippen LogP contribution is -2.44. The Balaban J connectivity index is 1.70. The Hall–Kier alpha value is -2.13. The maximum Gasteiger partial charge on any atom is 0.248 e. The van der Waals surface area contributed by atoms with Gasteiger partial charge in [-0.3, -0.25) is 9.69 Å². The summed E-state index contributed by atoms with van der Waals surface area (Å²) in [6.07, 6.45) is 4.49. The molecule has 2 aromatic rings. The fraction of sp³-hybridized carbons (Fsp3) is 0.409. The van der Waals surface area contributed by atoms with Gasteiger partial charge in [0.2, 0.25) is 5.91 Å². The summed E-state index contributed by atoms with van der Waals surface area (Å²) in [5.74, 6) is 0.234. The van der Waals surface area contributed by atoms with Gasteiger partial charge in [-0.2, -0.15) is 0 Å². The zero-order valence-corrected chi connectivity index (χ0v) is 14.9. The number of benzene rings is 2. The third kappa shape index (κ3) is 3.21. The standard InChI is InChI=1S/C22H26N2O/c1-17-11-12-20-19(16-17)10-7-15-24(20)22(25)21(23-13-5-6-14-23)18-8-3-2-4-9-18/h2-4,8-9,11-12,16,21H,5-7,10,13-15H2,1H3. The summed E-state index contributed by atoms with van der Waals surface area (Å²) in [7, 11) is 0. The van der Waals surface area contributed by atoms with Gasteiger partial charge in [0.05, 0.1) is 0 Å². The highest BCUT2D eigenvalue weighted by Gasteiger charge is 2.34. The lowest BCUT2D eigenvalue weighted by Gasteiger charge is -2.36. The molecule has 3 heteroatoms. The second kappa shape index (κ2) is 7.01. The molecule has 0 saturated carbocycles. The molecule has 1 amide bonds. The Morgan fingerprint density at radius 1 is 0.960 bits per heavy atom. The molecule has 0 aromatic heterocycles. The van der Waals surface area contributed by atoms with Crippen LogP contribution < -0.4 is 4.90 Å². The monoisotopic (exact) mass is 334 g/mol. The van der Waals surface area contributed by atoms with E-state index in [1.165, 1.54) is 24.0 Å². The first-order valence-corrected chi connectivity index (χ1v) is 9.44. The SMILES string of the molecule is Cc1ccc2c(c1)CCCN2C(=O)C(c1ccccc1)N1CCCC1. The molecule has 2 aliphatic heterocycles. The molecule has 1 unspecified atom stereocenters. The Bertz CT molecular complexity index is 750. The van der Waals surface area contributed by atoms with Gasteiger partial charge in [0.1, 0.15) is 6.04 Å². The van der Waals surface area contributed by atoms with Crippen molar-refractivity contribution in [3.8, 4) is 0 Å². The predicted octanol–water partition coefficient (Wildman–Crippen LogP) is 4.11. The highest BCUT2D eigenvalue weighted by Crippen LogP contribution is 2.33. The molecule has 25 heavy (non-hydrogen) atoms. The van der Waals surface area contributed by atoms with Crippen LogP contribution in [0.1, 0.15) is 42.0 Å². The summed E-state index contributed by atoms with van der Waals surface area (Å²) < 4.78 is 0. The number of carbonyl (C=O) groups excluding carboxylic acids is 1. The van der Waals surface area contributed by atoms with Crippen molar-refractivity contribution < 1.29 is 4.79 Å². The van der Waals surface area contributed by atoms with E-state index in [0.29, 0.717) is 0 Å². The second-order valence-electron chi connectivity index (χ2n) is 7.28. The van der Waals surface area contributed by atoms with Crippen LogP contribution >= 0.6 is 0 Å². The molecule has 0 bridgehead atoms. The van der Waals surface area contributed by atoms with Crippen molar-refractivity contribution in [2.45, 2.75) is 38.6 Å². The third-order valence-corrected chi connectivity index (χ3v) is 5.47. The molecule has 1 atom stereocenters. The van der Waals surface area contributed by atoms with Crippen LogP contribution in [0.4, 0.5) is 5.69 Å². The fourth-order valence-electron chi connectivity index (χ4n) is 4.25. The van der Waals surface area contributed by atoms with Gasteiger partial charge >= 0.3 is 0 Å². The number of hydrogen-bond acceptors (Lipinski definition) is 2. The van der Waals surface area contributed by atoms with Crippen molar-refractivity contribution >= 4 is 11.6 Å². The minimum Gasteiger partial charge on any atom is -0.310 e. The molecule has 130 valence electrons. The summed E-state index contributed by atoms with van der Waals surface area (Å²) in [6.45, 7) is 4.98. The number of aryl methyl sites for hydroxylation is 2. The van der Waals surface area contributed by atoms with Crippen molar-refractivity contribution in [2.24, 2.45) is 0 Å². The Morgan fingerprint density at radius 3 is 2.48 bits per heavy atom. The van der Waals surface area contributed by atoms with Gasteiger partial charge in [-0.25, -0.2) is 0 Å². The number of carbonyl (C=O) groups is 1. The first-order valence-electron chi connectivity index (χ1n) is 9.44. The highest BCUT2D eigenvalue weighted by molar-refractivity contribution is 5.98. The Labute approximate surface area is 150 Å². The Morgan fingerprint density at radius 2 is 1.72 bits per heavy atom. The molecule has 0 radical (unpaired) electrons. The summed E-state index contributed by atoms with van der Waals surface area (Å²) in [5.41, 5.74) is 4.82. The fourth-order valence-corrected chi connectivity index (χ4v) is 4.25. The zero-order chi connectivity index (χ0) is 17.2. The van der Waals surface area contributed by atoms with Crippen LogP contribution in [0.5, 0.6) is 0 Å². The maximum atomic E-state index is 13.6. The average Bonchev–Trinajstić information content (AvgIpc) is 3.16. The van der Waals surface area contributed by atoms with E-state index in [2.05, 4.69) is 42.2 Å². The van der Waals surface area contributed by atoms with Crippen LogP contribution in [0.2, 0.25) is 0 Å². The number of nitrogens with zero attached hydrogens (tertiary/aromatic N) is 2. The van der Waals surface area contributed by atoms with E-state index in [0.717, 1.165) is 43.7 Å². The van der Waals surface area contributed by atoms with Crippen molar-refractivity contribution in [3.63, 3.8) is 0 Å². The van der Waals surface area contributed by atoms with E-state index in [1.54, 1.807) is 0 Å². The molecule has 3 nitrogen and oxygen atoms in total. The minimum atomic E-state index is -0.157. The quantitative estimate of drug-likeness (QED) is 0.843. The van der Waals surface area contributed by atoms with Gasteiger partial charge in [0.15, 0.2) is 0 Å². The average molecular weight is 334 g/mol. The van der Waals surface area contributed by atoms with E-state index < -0.39 is 0 Å². The summed E-state index contributed by atoms with van der Waals surface area (Å²) in [6, 6.07) is 16.6. The molecule has 2 aliphatic rings. The van der Waals surface area contributed by atoms with Gasteiger partial charge in [-0.05, 0) is 62.9 Å². The molecule has 0 N–H and O–H groups in total. The normalized spacial score (nSPS) is 18.8. The third-order valence-electron chi connectivity index (χ3n) is 5.47. The zero-order valence-electron chi connectivity index (χ0n) is 14.9. The van der Waals surface area contributed by atoms with Gasteiger partial charge in [0.25, 0.3) is 0 Å². The lowest BCUT2D eigenvalue weighted by atomic mass is 9.97. The summed E-state index contributed by atoms with van der Waals surface area (Å²) in [4.78, 5) is 18.0. The number of anilines is 1. The first-order chi connectivity index (χ1) is 12.2. The van der Waals surface area contributed by atoms with Crippen molar-refractivity contribution in [3.05, 3.63) is 65.2 Å². The predicted molar refractivity (Wildman–Crippen MR) is 102 cm³/mol. The van der Waals surface area contributed by atoms with Crippen LogP contribution in [0.15, 0.2) is 48.5 Å². The minimum absolute atomic E-state index is 0.157. The maximum absolute atomic E-state index is 13.6. The molecular weight excluding hydrogens is 308 g/mol. The second-order valence-corrected chi connectivity index (χ2v) is 7.28. The topological polar surface area (TPSA) is 23.6 Å². The van der Waals surface area contributed by atoms with Crippen LogP contribution in [0.3, 0.4) is 0 Å². The highest BCUT2D eigenvalue weighted by atomic mass is 16.2. The smallest absolute Gasteiger partial charge is 0.248 e. The summed E-state index contributed by atoms with van der Waals surface area (Å²) >= 11 is 0.